The van der Waals surface area contributed by atoms with Gasteiger partial charge >= 0.3 is 0 Å². The van der Waals surface area contributed by atoms with Gasteiger partial charge in [0.25, 0.3) is 6.20 Å². The highest BCUT2D eigenvalue weighted by Crippen LogP contribution is 2.21. The minimum Gasteiger partial charge on any atom is -0.464 e. The molecule has 0 aromatic carbocycles. The van der Waals surface area contributed by atoms with Crippen LogP contribution in [0.2, 0.25) is 0 Å². The number of hydrogen-bond donors (Lipinski definition) is 2. The molecule has 0 aliphatic rings. The standard InChI is InChI=1S/C18H28N4O3S/c1-5-8-19-18(13-22(23)24)20-9-10-26-14-17-15(4)11-16(25-17)12-21(6-2)7-3/h1,11,13,19-20H,6-10,12,14H2,2-4H3. The van der Waals surface area contributed by atoms with Crippen LogP contribution in [-0.4, -0.2) is 41.8 Å². The van der Waals surface area contributed by atoms with E-state index in [0.29, 0.717) is 12.4 Å². The lowest BCUT2D eigenvalue weighted by Crippen LogP contribution is -2.29. The second kappa shape index (κ2) is 12.3. The lowest BCUT2D eigenvalue weighted by atomic mass is 10.3. The molecule has 0 fully saturated rings. The monoisotopic (exact) mass is 380 g/mol. The first-order valence-electron chi connectivity index (χ1n) is 8.64. The summed E-state index contributed by atoms with van der Waals surface area (Å²) in [5.41, 5.74) is 1.16. The van der Waals surface area contributed by atoms with Crippen molar-refractivity contribution in [3.8, 4) is 12.3 Å². The third kappa shape index (κ3) is 8.32. The van der Waals surface area contributed by atoms with Gasteiger partial charge in [-0.15, -0.1) is 6.42 Å². The number of nitrogens with one attached hydrogen (secondary N) is 2. The Hall–Kier alpha value is -2.11. The number of rotatable bonds is 13. The predicted molar refractivity (Wildman–Crippen MR) is 106 cm³/mol. The summed E-state index contributed by atoms with van der Waals surface area (Å²) in [7, 11) is 0. The van der Waals surface area contributed by atoms with Gasteiger partial charge in [-0.1, -0.05) is 19.8 Å². The second-order valence-corrected chi connectivity index (χ2v) is 6.75. The van der Waals surface area contributed by atoms with E-state index in [9.17, 15) is 10.1 Å². The Morgan fingerprint density at radius 3 is 2.81 bits per heavy atom. The van der Waals surface area contributed by atoms with Crippen LogP contribution in [0.3, 0.4) is 0 Å². The lowest BCUT2D eigenvalue weighted by molar-refractivity contribution is -0.404. The molecule has 0 unspecified atom stereocenters. The Balaban J connectivity index is 2.40. The molecule has 7 nitrogen and oxygen atoms in total. The van der Waals surface area contributed by atoms with Crippen molar-refractivity contribution in [1.82, 2.24) is 15.5 Å². The molecule has 26 heavy (non-hydrogen) atoms. The van der Waals surface area contributed by atoms with Crippen LogP contribution in [0.4, 0.5) is 0 Å². The van der Waals surface area contributed by atoms with Crippen LogP contribution in [0.5, 0.6) is 0 Å². The van der Waals surface area contributed by atoms with E-state index in [1.165, 1.54) is 0 Å². The van der Waals surface area contributed by atoms with Crippen LogP contribution in [0.1, 0.15) is 30.9 Å². The minimum atomic E-state index is -0.511. The summed E-state index contributed by atoms with van der Waals surface area (Å²) in [5.74, 6) is 6.26. The highest BCUT2D eigenvalue weighted by Gasteiger charge is 2.10. The molecule has 0 amide bonds. The largest absolute Gasteiger partial charge is 0.464 e. The van der Waals surface area contributed by atoms with Crippen molar-refractivity contribution in [1.29, 1.82) is 0 Å². The van der Waals surface area contributed by atoms with Crippen LogP contribution in [-0.2, 0) is 12.3 Å². The molecule has 144 valence electrons. The van der Waals surface area contributed by atoms with E-state index < -0.39 is 4.92 Å². The van der Waals surface area contributed by atoms with Crippen molar-refractivity contribution in [2.75, 3.05) is 31.9 Å². The highest BCUT2D eigenvalue weighted by molar-refractivity contribution is 7.98. The zero-order valence-corrected chi connectivity index (χ0v) is 16.5. The average molecular weight is 381 g/mol. The molecule has 0 aliphatic heterocycles. The summed E-state index contributed by atoms with van der Waals surface area (Å²) in [6.45, 7) is 10.0. The zero-order chi connectivity index (χ0) is 19.4. The maximum Gasteiger partial charge on any atom is 0.274 e. The Morgan fingerprint density at radius 1 is 1.46 bits per heavy atom. The molecule has 0 aliphatic carbocycles. The molecular weight excluding hydrogens is 352 g/mol. The van der Waals surface area contributed by atoms with Gasteiger partial charge < -0.3 is 15.1 Å². The number of furan rings is 1. The Labute approximate surface area is 159 Å². The van der Waals surface area contributed by atoms with Crippen LogP contribution in [0.25, 0.3) is 0 Å². The quantitative estimate of drug-likeness (QED) is 0.235. The first-order chi connectivity index (χ1) is 12.5. The van der Waals surface area contributed by atoms with Gasteiger partial charge in [0.2, 0.25) is 0 Å². The third-order valence-electron chi connectivity index (χ3n) is 3.76. The average Bonchev–Trinajstić information content (AvgIpc) is 2.96. The summed E-state index contributed by atoms with van der Waals surface area (Å²) in [5, 5.41) is 16.4. The maximum atomic E-state index is 10.6. The maximum absolute atomic E-state index is 10.6. The molecule has 0 saturated carbocycles. The van der Waals surface area contributed by atoms with Crippen LogP contribution >= 0.6 is 11.8 Å². The van der Waals surface area contributed by atoms with E-state index in [4.69, 9.17) is 10.8 Å². The Morgan fingerprint density at radius 2 is 2.19 bits per heavy atom. The van der Waals surface area contributed by atoms with Crippen molar-refractivity contribution in [3.63, 3.8) is 0 Å². The Kier molecular flexibility index (Phi) is 10.4. The summed E-state index contributed by atoms with van der Waals surface area (Å²) in [4.78, 5) is 12.4. The first-order valence-corrected chi connectivity index (χ1v) is 9.80. The molecule has 0 saturated heterocycles. The van der Waals surface area contributed by atoms with Gasteiger partial charge in [0.1, 0.15) is 11.5 Å². The molecule has 0 atom stereocenters. The van der Waals surface area contributed by atoms with E-state index in [1.54, 1.807) is 11.8 Å². The van der Waals surface area contributed by atoms with Crippen LogP contribution in [0.15, 0.2) is 22.5 Å². The topological polar surface area (TPSA) is 83.6 Å². The highest BCUT2D eigenvalue weighted by atomic mass is 32.2. The van der Waals surface area contributed by atoms with Crippen LogP contribution in [0, 0.1) is 29.4 Å². The van der Waals surface area contributed by atoms with Gasteiger partial charge in [0, 0.05) is 12.3 Å². The SMILES string of the molecule is C#CCNC(=C[N+](=O)[O-])NCCSCc1oc(CN(CC)CC)cc1C. The number of aryl methyl sites for hydroxylation is 1. The van der Waals surface area contributed by atoms with Gasteiger partial charge in [0.05, 0.1) is 23.8 Å². The fourth-order valence-electron chi connectivity index (χ4n) is 2.31. The van der Waals surface area contributed by atoms with Crippen molar-refractivity contribution in [3.05, 3.63) is 45.3 Å². The summed E-state index contributed by atoms with van der Waals surface area (Å²) in [6.07, 6.45) is 6.04. The van der Waals surface area contributed by atoms with Crippen LogP contribution < -0.4 is 10.6 Å². The van der Waals surface area contributed by atoms with Gasteiger partial charge in [0.15, 0.2) is 5.82 Å². The summed E-state index contributed by atoms with van der Waals surface area (Å²) >= 11 is 1.71. The molecule has 8 heteroatoms. The Bertz CT molecular complexity index is 633. The van der Waals surface area contributed by atoms with Crippen molar-refractivity contribution < 1.29 is 9.34 Å². The summed E-state index contributed by atoms with van der Waals surface area (Å²) in [6, 6.07) is 2.11. The van der Waals surface area contributed by atoms with Crippen molar-refractivity contribution in [2.45, 2.75) is 33.1 Å². The molecule has 1 aromatic heterocycles. The van der Waals surface area contributed by atoms with E-state index >= 15 is 0 Å². The van der Waals surface area contributed by atoms with E-state index in [0.717, 1.165) is 54.4 Å². The van der Waals surface area contributed by atoms with Gasteiger partial charge in [-0.3, -0.25) is 15.0 Å². The fourth-order valence-corrected chi connectivity index (χ4v) is 3.17. The summed E-state index contributed by atoms with van der Waals surface area (Å²) < 4.78 is 5.96. The van der Waals surface area contributed by atoms with Gasteiger partial charge in [-0.25, -0.2) is 0 Å². The molecule has 0 bridgehead atoms. The number of terminal acetylenes is 1. The second-order valence-electron chi connectivity index (χ2n) is 5.65. The number of thioether (sulfide) groups is 1. The normalized spacial score (nSPS) is 11.4. The molecule has 0 radical (unpaired) electrons. The lowest BCUT2D eigenvalue weighted by Gasteiger charge is -2.15. The van der Waals surface area contributed by atoms with Crippen molar-refractivity contribution in [2.24, 2.45) is 0 Å². The third-order valence-corrected chi connectivity index (χ3v) is 4.72. The number of nitro groups is 1. The molecule has 0 spiro atoms. The molecular formula is C18H28N4O3S. The van der Waals surface area contributed by atoms with E-state index in [2.05, 4.69) is 48.3 Å². The minimum absolute atomic E-state index is 0.237. The van der Waals surface area contributed by atoms with E-state index in [1.807, 2.05) is 0 Å². The molecule has 1 heterocycles. The smallest absolute Gasteiger partial charge is 0.274 e. The number of nitrogens with zero attached hydrogens (tertiary/aromatic N) is 2. The molecule has 1 rings (SSSR count). The molecule has 1 aromatic rings. The fraction of sp³-hybridized carbons (Fsp3) is 0.556. The first kappa shape index (κ1) is 21.9. The van der Waals surface area contributed by atoms with Crippen molar-refractivity contribution >= 4 is 11.8 Å². The number of hydrogen-bond acceptors (Lipinski definition) is 7. The van der Waals surface area contributed by atoms with Gasteiger partial charge in [-0.2, -0.15) is 11.8 Å². The van der Waals surface area contributed by atoms with Gasteiger partial charge in [-0.05, 0) is 31.6 Å². The zero-order valence-electron chi connectivity index (χ0n) is 15.7. The van der Waals surface area contributed by atoms with E-state index in [-0.39, 0.29) is 6.54 Å². The predicted octanol–water partition coefficient (Wildman–Crippen LogP) is 2.55. The molecule has 2 N–H and O–H groups in total.